The molecule has 12 aromatic rings. The fourth-order valence-electron chi connectivity index (χ4n) is 9.14. The maximum Gasteiger partial charge on any atom is 0.163 e. The molecule has 0 radical (unpaired) electrons. The number of aromatic nitrogens is 4. The van der Waals surface area contributed by atoms with Gasteiger partial charge in [-0.25, -0.2) is 15.0 Å². The lowest BCUT2D eigenvalue weighted by Gasteiger charge is -2.14. The molecule has 0 fully saturated rings. The topological polar surface area (TPSA) is 43.6 Å². The molecule has 0 saturated carbocycles. The number of rotatable bonds is 8. The van der Waals surface area contributed by atoms with Crippen LogP contribution >= 0.6 is 11.3 Å². The second-order valence-corrected chi connectivity index (χ2v) is 17.0. The predicted octanol–water partition coefficient (Wildman–Crippen LogP) is 15.3. The molecule has 0 unspecified atom stereocenters. The van der Waals surface area contributed by atoms with Gasteiger partial charge in [0, 0.05) is 54.2 Å². The molecule has 3 aromatic heterocycles. The second kappa shape index (κ2) is 15.5. The van der Waals surface area contributed by atoms with Crippen LogP contribution in [-0.4, -0.2) is 19.5 Å². The highest BCUT2D eigenvalue weighted by Gasteiger charge is 2.20. The molecular weight excluding hydrogens is 785 g/mol. The third-order valence-corrected chi connectivity index (χ3v) is 13.2. The molecule has 0 bridgehead atoms. The fraction of sp³-hybridized carbons (Fsp3) is 0.0172. The molecule has 0 atom stereocenters. The molecule has 0 aliphatic heterocycles. The van der Waals surface area contributed by atoms with E-state index < -0.39 is 0 Å². The molecule has 12 rings (SSSR count). The lowest BCUT2D eigenvalue weighted by atomic mass is 9.91. The molecule has 0 amide bonds. The molecule has 0 saturated heterocycles. The first-order chi connectivity index (χ1) is 31.2. The van der Waals surface area contributed by atoms with Gasteiger partial charge < -0.3 is 4.57 Å². The summed E-state index contributed by atoms with van der Waals surface area (Å²) in [5, 5.41) is 5.08. The van der Waals surface area contributed by atoms with Gasteiger partial charge in [0.1, 0.15) is 5.82 Å². The minimum absolute atomic E-state index is 0.520. The summed E-state index contributed by atoms with van der Waals surface area (Å²) < 4.78 is 4.97. The average molecular weight is 823 g/mol. The first-order valence-corrected chi connectivity index (χ1v) is 22.1. The standard InChI is InChI=1S/C58H38N4S/c1-5-16-38(17-6-1)41-22-15-23-42(34-41)43-28-30-47(45(35-43)37-54-59-57(39-18-7-2-8-19-39)61-58(60-54)40-20-9-3-10-21-40)44-29-31-50-53(36-44)63-52-33-32-49-48-26-13-14-27-51(48)62(56(49)55(50)52)46-24-11-4-12-25-46/h1-36H,37H2. The Bertz CT molecular complexity index is 3580. The van der Waals surface area contributed by atoms with Crippen LogP contribution in [-0.2, 0) is 6.42 Å². The van der Waals surface area contributed by atoms with Gasteiger partial charge in [-0.3, -0.25) is 0 Å². The monoisotopic (exact) mass is 822 g/mol. The van der Waals surface area contributed by atoms with E-state index in [9.17, 15) is 0 Å². The summed E-state index contributed by atoms with van der Waals surface area (Å²) in [7, 11) is 0. The van der Waals surface area contributed by atoms with Gasteiger partial charge in [0.2, 0.25) is 0 Å². The third kappa shape index (κ3) is 6.67. The van der Waals surface area contributed by atoms with E-state index in [-0.39, 0.29) is 0 Å². The highest BCUT2D eigenvalue weighted by atomic mass is 32.1. The molecular formula is C58H38N4S. The Kier molecular flexibility index (Phi) is 9.05. The van der Waals surface area contributed by atoms with Crippen molar-refractivity contribution < 1.29 is 0 Å². The molecule has 0 aliphatic carbocycles. The number of thiophene rings is 1. The molecule has 3 heterocycles. The molecule has 0 spiro atoms. The predicted molar refractivity (Wildman–Crippen MR) is 263 cm³/mol. The Morgan fingerprint density at radius 1 is 0.381 bits per heavy atom. The van der Waals surface area contributed by atoms with Gasteiger partial charge in [-0.15, -0.1) is 11.3 Å². The van der Waals surface area contributed by atoms with Crippen LogP contribution in [0, 0.1) is 0 Å². The van der Waals surface area contributed by atoms with Crippen molar-refractivity contribution in [3.05, 3.63) is 230 Å². The average Bonchev–Trinajstić information content (AvgIpc) is 3.90. The van der Waals surface area contributed by atoms with Crippen LogP contribution in [0.5, 0.6) is 0 Å². The summed E-state index contributed by atoms with van der Waals surface area (Å²) in [5.74, 6) is 2.05. The Balaban J connectivity index is 1.04. The van der Waals surface area contributed by atoms with Crippen molar-refractivity contribution in [1.29, 1.82) is 0 Å². The molecule has 4 nitrogen and oxygen atoms in total. The molecule has 296 valence electrons. The lowest BCUT2D eigenvalue weighted by molar-refractivity contribution is 0.933. The smallest absolute Gasteiger partial charge is 0.163 e. The molecule has 9 aromatic carbocycles. The highest BCUT2D eigenvalue weighted by Crippen LogP contribution is 2.44. The van der Waals surface area contributed by atoms with Crippen molar-refractivity contribution in [3.8, 4) is 61.8 Å². The zero-order valence-electron chi connectivity index (χ0n) is 34.2. The van der Waals surface area contributed by atoms with Crippen LogP contribution in [0.25, 0.3) is 104 Å². The van der Waals surface area contributed by atoms with Crippen molar-refractivity contribution in [1.82, 2.24) is 19.5 Å². The first kappa shape index (κ1) is 36.8. The van der Waals surface area contributed by atoms with Gasteiger partial charge in [-0.2, -0.15) is 0 Å². The van der Waals surface area contributed by atoms with Gasteiger partial charge in [0.15, 0.2) is 11.6 Å². The van der Waals surface area contributed by atoms with Crippen molar-refractivity contribution in [2.24, 2.45) is 0 Å². The zero-order valence-corrected chi connectivity index (χ0v) is 35.0. The van der Waals surface area contributed by atoms with E-state index in [4.69, 9.17) is 15.0 Å². The largest absolute Gasteiger partial charge is 0.309 e. The lowest BCUT2D eigenvalue weighted by Crippen LogP contribution is -2.05. The Hall–Kier alpha value is -7.99. The number of hydrogen-bond donors (Lipinski definition) is 0. The molecule has 5 heteroatoms. The van der Waals surface area contributed by atoms with Crippen molar-refractivity contribution in [3.63, 3.8) is 0 Å². The van der Waals surface area contributed by atoms with E-state index in [1.165, 1.54) is 53.1 Å². The van der Waals surface area contributed by atoms with Crippen LogP contribution in [0.4, 0.5) is 0 Å². The summed E-state index contributed by atoms with van der Waals surface area (Å²) in [4.78, 5) is 15.3. The zero-order chi connectivity index (χ0) is 41.7. The van der Waals surface area contributed by atoms with Crippen molar-refractivity contribution in [2.45, 2.75) is 6.42 Å². The van der Waals surface area contributed by atoms with E-state index >= 15 is 0 Å². The van der Waals surface area contributed by atoms with Crippen LogP contribution in [0.15, 0.2) is 218 Å². The van der Waals surface area contributed by atoms with E-state index in [0.29, 0.717) is 18.1 Å². The van der Waals surface area contributed by atoms with Crippen LogP contribution in [0.3, 0.4) is 0 Å². The summed E-state index contributed by atoms with van der Waals surface area (Å²) in [6.07, 6.45) is 0.520. The minimum atomic E-state index is 0.520. The van der Waals surface area contributed by atoms with E-state index in [2.05, 4.69) is 187 Å². The maximum absolute atomic E-state index is 5.15. The second-order valence-electron chi connectivity index (χ2n) is 16.0. The highest BCUT2D eigenvalue weighted by molar-refractivity contribution is 7.26. The summed E-state index contributed by atoms with van der Waals surface area (Å²) in [5.41, 5.74) is 13.7. The third-order valence-electron chi connectivity index (χ3n) is 12.1. The van der Waals surface area contributed by atoms with Gasteiger partial charge in [-0.05, 0) is 75.3 Å². The van der Waals surface area contributed by atoms with Gasteiger partial charge in [-0.1, -0.05) is 182 Å². The quantitative estimate of drug-likeness (QED) is 0.153. The summed E-state index contributed by atoms with van der Waals surface area (Å²) in [6.45, 7) is 0. The maximum atomic E-state index is 5.15. The normalized spacial score (nSPS) is 11.6. The first-order valence-electron chi connectivity index (χ1n) is 21.3. The fourth-order valence-corrected chi connectivity index (χ4v) is 10.3. The number of nitrogens with zero attached hydrogens (tertiary/aromatic N) is 4. The number of fused-ring (bicyclic) bond motifs is 7. The summed E-state index contributed by atoms with van der Waals surface area (Å²) in [6, 6.07) is 77.9. The number of hydrogen-bond acceptors (Lipinski definition) is 4. The van der Waals surface area contributed by atoms with Crippen LogP contribution < -0.4 is 0 Å². The SMILES string of the molecule is c1ccc(-c2cccc(-c3ccc(-c4ccc5c(c4)sc4ccc6c7ccccc7n(-c7ccccc7)c6c45)c(Cc4nc(-c5ccccc5)nc(-c5ccccc5)n4)c3)c2)cc1. The van der Waals surface area contributed by atoms with E-state index in [1.807, 2.05) is 47.7 Å². The number of para-hydroxylation sites is 2. The Morgan fingerprint density at radius 2 is 0.952 bits per heavy atom. The Morgan fingerprint density at radius 3 is 1.67 bits per heavy atom. The van der Waals surface area contributed by atoms with E-state index in [1.54, 1.807) is 0 Å². The van der Waals surface area contributed by atoms with Crippen molar-refractivity contribution >= 4 is 53.3 Å². The van der Waals surface area contributed by atoms with Crippen LogP contribution in [0.2, 0.25) is 0 Å². The molecule has 0 N–H and O–H groups in total. The van der Waals surface area contributed by atoms with Crippen LogP contribution in [0.1, 0.15) is 11.4 Å². The van der Waals surface area contributed by atoms with Gasteiger partial charge >= 0.3 is 0 Å². The Labute approximate surface area is 369 Å². The van der Waals surface area contributed by atoms with Gasteiger partial charge in [0.25, 0.3) is 0 Å². The summed E-state index contributed by atoms with van der Waals surface area (Å²) >= 11 is 1.86. The molecule has 63 heavy (non-hydrogen) atoms. The van der Waals surface area contributed by atoms with Gasteiger partial charge in [0.05, 0.1) is 11.0 Å². The minimum Gasteiger partial charge on any atom is -0.309 e. The van der Waals surface area contributed by atoms with Crippen molar-refractivity contribution in [2.75, 3.05) is 0 Å². The van der Waals surface area contributed by atoms with E-state index in [0.717, 1.165) is 50.5 Å². The molecule has 0 aliphatic rings. The number of benzene rings is 9.